The molecule has 1 amide bonds. The Morgan fingerprint density at radius 2 is 1.73 bits per heavy atom. The number of hydrogen-bond donors (Lipinski definition) is 2. The summed E-state index contributed by atoms with van der Waals surface area (Å²) in [4.78, 5) is 14.9. The molecular formula is C20H35Cl2N3O. The van der Waals surface area contributed by atoms with Crippen LogP contribution in [0.1, 0.15) is 39.7 Å². The lowest BCUT2D eigenvalue weighted by Crippen LogP contribution is -2.57. The van der Waals surface area contributed by atoms with Crippen molar-refractivity contribution in [1.82, 2.24) is 10.2 Å². The van der Waals surface area contributed by atoms with Gasteiger partial charge in [-0.3, -0.25) is 9.69 Å². The Kier molecular flexibility index (Phi) is 10.8. The number of piperidine rings is 1. The second-order valence-corrected chi connectivity index (χ2v) is 8.18. The SMILES string of the molecule is CC1CC(C)CN(C(C)(C)CNC(=O)C(N)Cc2ccccc2)C1.Cl.Cl. The van der Waals surface area contributed by atoms with Crippen molar-refractivity contribution >= 4 is 30.7 Å². The van der Waals surface area contributed by atoms with Crippen LogP contribution in [0.15, 0.2) is 30.3 Å². The van der Waals surface area contributed by atoms with E-state index in [2.05, 4.69) is 37.9 Å². The summed E-state index contributed by atoms with van der Waals surface area (Å²) in [6, 6.07) is 9.44. The van der Waals surface area contributed by atoms with Gasteiger partial charge in [0.2, 0.25) is 5.91 Å². The number of rotatable bonds is 6. The first-order valence-electron chi connectivity index (χ1n) is 9.10. The molecule has 3 atom stereocenters. The molecular weight excluding hydrogens is 369 g/mol. The lowest BCUT2D eigenvalue weighted by Gasteiger charge is -2.45. The maximum atomic E-state index is 12.4. The summed E-state index contributed by atoms with van der Waals surface area (Å²) in [6.07, 6.45) is 1.87. The lowest BCUT2D eigenvalue weighted by molar-refractivity contribution is -0.123. The number of hydrogen-bond acceptors (Lipinski definition) is 3. The monoisotopic (exact) mass is 403 g/mol. The van der Waals surface area contributed by atoms with Gasteiger partial charge >= 0.3 is 0 Å². The van der Waals surface area contributed by atoms with Gasteiger partial charge in [-0.05, 0) is 44.1 Å². The van der Waals surface area contributed by atoms with Crippen molar-refractivity contribution in [3.63, 3.8) is 0 Å². The molecule has 3 N–H and O–H groups in total. The van der Waals surface area contributed by atoms with Crippen molar-refractivity contribution in [3.05, 3.63) is 35.9 Å². The van der Waals surface area contributed by atoms with Gasteiger partial charge in [0.1, 0.15) is 0 Å². The largest absolute Gasteiger partial charge is 0.353 e. The van der Waals surface area contributed by atoms with Gasteiger partial charge in [0.15, 0.2) is 0 Å². The van der Waals surface area contributed by atoms with Crippen LogP contribution in [-0.4, -0.2) is 42.0 Å². The highest BCUT2D eigenvalue weighted by molar-refractivity contribution is 5.85. The third kappa shape index (κ3) is 7.43. The fourth-order valence-electron chi connectivity index (χ4n) is 3.66. The van der Waals surface area contributed by atoms with Crippen molar-refractivity contribution in [2.24, 2.45) is 17.6 Å². The van der Waals surface area contributed by atoms with Crippen LogP contribution in [0.4, 0.5) is 0 Å². The third-order valence-electron chi connectivity index (χ3n) is 5.06. The zero-order valence-electron chi connectivity index (χ0n) is 16.4. The zero-order chi connectivity index (χ0) is 17.7. The molecule has 1 aliphatic heterocycles. The van der Waals surface area contributed by atoms with Crippen molar-refractivity contribution in [2.75, 3.05) is 19.6 Å². The van der Waals surface area contributed by atoms with Crippen LogP contribution in [0.5, 0.6) is 0 Å². The number of amides is 1. The summed E-state index contributed by atoms with van der Waals surface area (Å²) in [5.74, 6) is 1.36. The summed E-state index contributed by atoms with van der Waals surface area (Å²) in [6.45, 7) is 11.9. The average Bonchev–Trinajstić information content (AvgIpc) is 2.52. The predicted molar refractivity (Wildman–Crippen MR) is 114 cm³/mol. The Morgan fingerprint density at radius 1 is 1.19 bits per heavy atom. The summed E-state index contributed by atoms with van der Waals surface area (Å²) in [5, 5.41) is 3.06. The van der Waals surface area contributed by atoms with Crippen molar-refractivity contribution in [2.45, 2.75) is 52.1 Å². The van der Waals surface area contributed by atoms with E-state index in [1.807, 2.05) is 30.3 Å². The van der Waals surface area contributed by atoms with Gasteiger partial charge in [-0.25, -0.2) is 0 Å². The summed E-state index contributed by atoms with van der Waals surface area (Å²) in [7, 11) is 0. The summed E-state index contributed by atoms with van der Waals surface area (Å²) in [5.41, 5.74) is 7.12. The van der Waals surface area contributed by atoms with E-state index in [1.165, 1.54) is 6.42 Å². The van der Waals surface area contributed by atoms with Gasteiger partial charge in [-0.2, -0.15) is 0 Å². The Balaban J connectivity index is 0.00000312. The van der Waals surface area contributed by atoms with Crippen molar-refractivity contribution in [3.8, 4) is 0 Å². The van der Waals surface area contributed by atoms with Gasteiger partial charge in [-0.1, -0.05) is 44.2 Å². The van der Waals surface area contributed by atoms with Crippen molar-refractivity contribution in [1.29, 1.82) is 0 Å². The minimum atomic E-state index is -0.498. The molecule has 2 rings (SSSR count). The molecule has 1 aromatic rings. The maximum Gasteiger partial charge on any atom is 0.237 e. The number of nitrogens with two attached hydrogens (primary N) is 1. The molecule has 0 bridgehead atoms. The molecule has 1 fully saturated rings. The molecule has 1 heterocycles. The van der Waals surface area contributed by atoms with Crippen molar-refractivity contribution < 1.29 is 4.79 Å². The Labute approximate surface area is 171 Å². The smallest absolute Gasteiger partial charge is 0.237 e. The topological polar surface area (TPSA) is 58.4 Å². The van der Waals surface area contributed by atoms with E-state index >= 15 is 0 Å². The second kappa shape index (κ2) is 11.1. The van der Waals surface area contributed by atoms with Gasteiger partial charge in [0.05, 0.1) is 6.04 Å². The minimum absolute atomic E-state index is 0. The van der Waals surface area contributed by atoms with E-state index in [0.29, 0.717) is 24.8 Å². The summed E-state index contributed by atoms with van der Waals surface area (Å²) < 4.78 is 0. The average molecular weight is 404 g/mol. The maximum absolute atomic E-state index is 12.4. The molecule has 1 aliphatic rings. The van der Waals surface area contributed by atoms with E-state index in [4.69, 9.17) is 5.73 Å². The number of nitrogens with one attached hydrogen (secondary N) is 1. The summed E-state index contributed by atoms with van der Waals surface area (Å²) >= 11 is 0. The van der Waals surface area contributed by atoms with Crippen LogP contribution in [0.25, 0.3) is 0 Å². The number of carbonyl (C=O) groups is 1. The highest BCUT2D eigenvalue weighted by atomic mass is 35.5. The molecule has 26 heavy (non-hydrogen) atoms. The molecule has 1 aromatic carbocycles. The predicted octanol–water partition coefficient (Wildman–Crippen LogP) is 3.27. The van der Waals surface area contributed by atoms with Crippen LogP contribution in [0.2, 0.25) is 0 Å². The first-order chi connectivity index (χ1) is 11.3. The molecule has 150 valence electrons. The van der Waals surface area contributed by atoms with E-state index in [9.17, 15) is 4.79 Å². The molecule has 0 aromatic heterocycles. The number of benzene rings is 1. The molecule has 0 aliphatic carbocycles. The van der Waals surface area contributed by atoms with Crippen LogP contribution in [-0.2, 0) is 11.2 Å². The van der Waals surface area contributed by atoms with Gasteiger partial charge in [-0.15, -0.1) is 24.8 Å². The molecule has 0 spiro atoms. The van der Waals surface area contributed by atoms with Crippen LogP contribution in [0.3, 0.4) is 0 Å². The van der Waals surface area contributed by atoms with E-state index in [1.54, 1.807) is 0 Å². The molecule has 6 heteroatoms. The van der Waals surface area contributed by atoms with E-state index in [-0.39, 0.29) is 36.3 Å². The number of halogens is 2. The molecule has 0 radical (unpaired) electrons. The fraction of sp³-hybridized carbons (Fsp3) is 0.650. The highest BCUT2D eigenvalue weighted by Crippen LogP contribution is 2.26. The minimum Gasteiger partial charge on any atom is -0.353 e. The van der Waals surface area contributed by atoms with E-state index < -0.39 is 6.04 Å². The first kappa shape index (κ1) is 25.2. The quantitative estimate of drug-likeness (QED) is 0.765. The van der Waals surface area contributed by atoms with Gasteiger partial charge in [0, 0.05) is 25.2 Å². The van der Waals surface area contributed by atoms with Gasteiger partial charge < -0.3 is 11.1 Å². The third-order valence-corrected chi connectivity index (χ3v) is 5.06. The number of likely N-dealkylation sites (tertiary alicyclic amines) is 1. The van der Waals surface area contributed by atoms with Crippen LogP contribution in [0, 0.1) is 11.8 Å². The zero-order valence-corrected chi connectivity index (χ0v) is 18.0. The van der Waals surface area contributed by atoms with E-state index in [0.717, 1.165) is 18.7 Å². The first-order valence-corrected chi connectivity index (χ1v) is 9.10. The Hall–Kier alpha value is -0.810. The number of nitrogens with zero attached hydrogens (tertiary/aromatic N) is 1. The van der Waals surface area contributed by atoms with Crippen LogP contribution < -0.4 is 11.1 Å². The highest BCUT2D eigenvalue weighted by Gasteiger charge is 2.33. The number of carbonyl (C=O) groups excluding carboxylic acids is 1. The molecule has 4 nitrogen and oxygen atoms in total. The van der Waals surface area contributed by atoms with Gasteiger partial charge in [0.25, 0.3) is 0 Å². The Bertz CT molecular complexity index is 529. The normalized spacial score (nSPS) is 21.9. The lowest BCUT2D eigenvalue weighted by atomic mass is 9.88. The molecule has 0 saturated carbocycles. The molecule has 3 unspecified atom stereocenters. The fourth-order valence-corrected chi connectivity index (χ4v) is 3.66. The standard InChI is InChI=1S/C20H33N3O.2ClH/c1-15-10-16(2)13-23(12-15)20(3,4)14-22-19(24)18(21)11-17-8-6-5-7-9-17;;/h5-9,15-16,18H,10-14,21H2,1-4H3,(H,22,24);2*1H. The van der Waals surface area contributed by atoms with Crippen LogP contribution >= 0.6 is 24.8 Å². The Morgan fingerprint density at radius 3 is 2.27 bits per heavy atom. The molecule has 1 saturated heterocycles. The second-order valence-electron chi connectivity index (χ2n) is 8.18.